The van der Waals surface area contributed by atoms with E-state index in [9.17, 15) is 0 Å². The van der Waals surface area contributed by atoms with E-state index in [0.29, 0.717) is 0 Å². The van der Waals surface area contributed by atoms with Crippen LogP contribution in [0.3, 0.4) is 0 Å². The number of aryl methyl sites for hydroxylation is 1. The second kappa shape index (κ2) is 12.8. The second-order valence-electron chi connectivity index (χ2n) is 6.68. The summed E-state index contributed by atoms with van der Waals surface area (Å²) >= 11 is 0. The lowest BCUT2D eigenvalue weighted by atomic mass is 10.1. The van der Waals surface area contributed by atoms with Crippen molar-refractivity contribution < 1.29 is 0 Å². The highest BCUT2D eigenvalue weighted by Crippen LogP contribution is 2.05. The van der Waals surface area contributed by atoms with E-state index in [0.717, 1.165) is 25.6 Å². The molecule has 2 N–H and O–H groups in total. The molecular weight excluding hydrogens is 296 g/mol. The molecular formula is C20H36N4. The van der Waals surface area contributed by atoms with Gasteiger partial charge in [0.15, 0.2) is 5.96 Å². The smallest absolute Gasteiger partial charge is 0.191 e. The van der Waals surface area contributed by atoms with Crippen molar-refractivity contribution in [2.24, 2.45) is 4.99 Å². The first-order valence-corrected chi connectivity index (χ1v) is 9.34. The molecule has 0 aliphatic heterocycles. The van der Waals surface area contributed by atoms with Gasteiger partial charge in [-0.25, -0.2) is 4.99 Å². The van der Waals surface area contributed by atoms with Gasteiger partial charge in [-0.05, 0) is 52.9 Å². The number of benzene rings is 1. The summed E-state index contributed by atoms with van der Waals surface area (Å²) in [7, 11) is 4.28. The molecule has 0 atom stereocenters. The van der Waals surface area contributed by atoms with Gasteiger partial charge < -0.3 is 15.5 Å². The molecule has 0 aliphatic carbocycles. The molecule has 24 heavy (non-hydrogen) atoms. The summed E-state index contributed by atoms with van der Waals surface area (Å²) in [6, 6.07) is 8.58. The summed E-state index contributed by atoms with van der Waals surface area (Å²) in [4.78, 5) is 6.93. The second-order valence-corrected chi connectivity index (χ2v) is 6.68. The lowest BCUT2D eigenvalue weighted by Gasteiger charge is -2.11. The van der Waals surface area contributed by atoms with Gasteiger partial charge in [-0.3, -0.25) is 0 Å². The number of aliphatic imine (C=N–C) groups is 1. The molecule has 136 valence electrons. The van der Waals surface area contributed by atoms with Crippen LogP contribution in [0.25, 0.3) is 0 Å². The number of rotatable bonds is 11. The highest BCUT2D eigenvalue weighted by atomic mass is 15.2. The standard InChI is InChI=1S/C20H36N4/c1-5-21-20(23-17-19-13-11-18(2)12-14-19)22-15-9-7-6-8-10-16-24(3)4/h11-14H,5-10,15-17H2,1-4H3,(H2,21,22,23). The van der Waals surface area contributed by atoms with E-state index in [-0.39, 0.29) is 0 Å². The highest BCUT2D eigenvalue weighted by molar-refractivity contribution is 5.79. The molecule has 0 amide bonds. The number of nitrogens with one attached hydrogen (secondary N) is 2. The Morgan fingerprint density at radius 1 is 0.958 bits per heavy atom. The average Bonchev–Trinajstić information content (AvgIpc) is 2.56. The number of nitrogens with zero attached hydrogens (tertiary/aromatic N) is 2. The Balaban J connectivity index is 2.20. The highest BCUT2D eigenvalue weighted by Gasteiger charge is 1.98. The van der Waals surface area contributed by atoms with Crippen molar-refractivity contribution in [1.82, 2.24) is 15.5 Å². The maximum absolute atomic E-state index is 4.67. The van der Waals surface area contributed by atoms with Crippen molar-refractivity contribution in [2.75, 3.05) is 33.7 Å². The van der Waals surface area contributed by atoms with Crippen LogP contribution in [0.5, 0.6) is 0 Å². The van der Waals surface area contributed by atoms with E-state index in [2.05, 4.69) is 72.7 Å². The van der Waals surface area contributed by atoms with E-state index in [1.165, 1.54) is 49.8 Å². The summed E-state index contributed by atoms with van der Waals surface area (Å²) in [6.45, 7) is 8.03. The van der Waals surface area contributed by atoms with E-state index in [4.69, 9.17) is 0 Å². The molecule has 0 heterocycles. The number of hydrogen-bond acceptors (Lipinski definition) is 2. The van der Waals surface area contributed by atoms with Crippen molar-refractivity contribution in [3.8, 4) is 0 Å². The zero-order valence-electron chi connectivity index (χ0n) is 16.1. The number of guanidine groups is 1. The molecule has 0 aliphatic rings. The molecule has 0 spiro atoms. The van der Waals surface area contributed by atoms with Gasteiger partial charge in [0.2, 0.25) is 0 Å². The SMILES string of the molecule is CCNC(=NCc1ccc(C)cc1)NCCCCCCCN(C)C. The minimum absolute atomic E-state index is 0.722. The predicted octanol–water partition coefficient (Wildman–Crippen LogP) is 3.56. The van der Waals surface area contributed by atoms with Gasteiger partial charge in [0.1, 0.15) is 0 Å². The minimum atomic E-state index is 0.722. The fourth-order valence-electron chi connectivity index (χ4n) is 2.50. The van der Waals surface area contributed by atoms with Gasteiger partial charge in [0, 0.05) is 13.1 Å². The third-order valence-electron chi connectivity index (χ3n) is 3.96. The number of unbranched alkanes of at least 4 members (excludes halogenated alkanes) is 4. The van der Waals surface area contributed by atoms with Crippen LogP contribution in [-0.4, -0.2) is 44.6 Å². The molecule has 4 heteroatoms. The van der Waals surface area contributed by atoms with Gasteiger partial charge in [-0.15, -0.1) is 0 Å². The molecule has 0 saturated carbocycles. The molecule has 0 aromatic heterocycles. The first-order chi connectivity index (χ1) is 11.6. The van der Waals surface area contributed by atoms with Crippen molar-refractivity contribution in [3.05, 3.63) is 35.4 Å². The van der Waals surface area contributed by atoms with Crippen LogP contribution in [0.4, 0.5) is 0 Å². The first kappa shape index (κ1) is 20.5. The van der Waals surface area contributed by atoms with E-state index in [1.54, 1.807) is 0 Å². The molecule has 1 aromatic rings. The average molecular weight is 333 g/mol. The molecule has 0 bridgehead atoms. The maximum Gasteiger partial charge on any atom is 0.191 e. The van der Waals surface area contributed by atoms with Crippen LogP contribution in [-0.2, 0) is 6.54 Å². The molecule has 1 rings (SSSR count). The van der Waals surface area contributed by atoms with Gasteiger partial charge >= 0.3 is 0 Å². The lowest BCUT2D eigenvalue weighted by Crippen LogP contribution is -2.37. The fraction of sp³-hybridized carbons (Fsp3) is 0.650. The third-order valence-corrected chi connectivity index (χ3v) is 3.96. The van der Waals surface area contributed by atoms with Crippen molar-refractivity contribution in [3.63, 3.8) is 0 Å². The quantitative estimate of drug-likeness (QED) is 0.370. The van der Waals surface area contributed by atoms with Crippen molar-refractivity contribution in [2.45, 2.75) is 52.5 Å². The van der Waals surface area contributed by atoms with Gasteiger partial charge in [0.25, 0.3) is 0 Å². The van der Waals surface area contributed by atoms with Crippen LogP contribution in [0.1, 0.15) is 50.2 Å². The summed E-state index contributed by atoms with van der Waals surface area (Å²) in [6.07, 6.45) is 6.46. The van der Waals surface area contributed by atoms with Crippen molar-refractivity contribution >= 4 is 5.96 Å². The van der Waals surface area contributed by atoms with Crippen LogP contribution in [0.15, 0.2) is 29.3 Å². The minimum Gasteiger partial charge on any atom is -0.357 e. The Kier molecular flexibility index (Phi) is 10.9. The Hall–Kier alpha value is -1.55. The Bertz CT molecular complexity index is 451. The van der Waals surface area contributed by atoms with Crippen LogP contribution < -0.4 is 10.6 Å². The largest absolute Gasteiger partial charge is 0.357 e. The summed E-state index contributed by atoms with van der Waals surface area (Å²) in [5.74, 6) is 0.922. The molecule has 0 fully saturated rings. The topological polar surface area (TPSA) is 39.7 Å². The summed E-state index contributed by atoms with van der Waals surface area (Å²) in [5.41, 5.74) is 2.54. The summed E-state index contributed by atoms with van der Waals surface area (Å²) < 4.78 is 0. The van der Waals surface area contributed by atoms with Crippen molar-refractivity contribution in [1.29, 1.82) is 0 Å². The monoisotopic (exact) mass is 332 g/mol. The van der Waals surface area contributed by atoms with E-state index < -0.39 is 0 Å². The zero-order valence-corrected chi connectivity index (χ0v) is 16.1. The van der Waals surface area contributed by atoms with E-state index in [1.807, 2.05) is 0 Å². The van der Waals surface area contributed by atoms with Gasteiger partial charge in [-0.1, -0.05) is 49.1 Å². The molecule has 4 nitrogen and oxygen atoms in total. The van der Waals surface area contributed by atoms with Crippen LogP contribution >= 0.6 is 0 Å². The Morgan fingerprint density at radius 3 is 2.29 bits per heavy atom. The molecule has 1 aromatic carbocycles. The number of hydrogen-bond donors (Lipinski definition) is 2. The van der Waals surface area contributed by atoms with Crippen LogP contribution in [0, 0.1) is 6.92 Å². The third kappa shape index (κ3) is 10.3. The Labute approximate surface area is 148 Å². The Morgan fingerprint density at radius 2 is 1.62 bits per heavy atom. The molecule has 0 saturated heterocycles. The van der Waals surface area contributed by atoms with Crippen LogP contribution in [0.2, 0.25) is 0 Å². The zero-order chi connectivity index (χ0) is 17.6. The van der Waals surface area contributed by atoms with E-state index >= 15 is 0 Å². The first-order valence-electron chi connectivity index (χ1n) is 9.34. The summed E-state index contributed by atoms with van der Waals surface area (Å²) in [5, 5.41) is 6.76. The lowest BCUT2D eigenvalue weighted by molar-refractivity contribution is 0.389. The predicted molar refractivity (Wildman–Crippen MR) is 106 cm³/mol. The van der Waals surface area contributed by atoms with Gasteiger partial charge in [0.05, 0.1) is 6.54 Å². The maximum atomic E-state index is 4.67. The molecule has 0 radical (unpaired) electrons. The normalized spacial score (nSPS) is 11.8. The van der Waals surface area contributed by atoms with Gasteiger partial charge in [-0.2, -0.15) is 0 Å². The fourth-order valence-corrected chi connectivity index (χ4v) is 2.50. The molecule has 0 unspecified atom stereocenters.